The van der Waals surface area contributed by atoms with Crippen molar-refractivity contribution in [1.82, 2.24) is 9.55 Å². The minimum absolute atomic E-state index is 0.0331. The number of nitrogens with zero attached hydrogens (tertiary/aromatic N) is 3. The third-order valence-corrected chi connectivity index (χ3v) is 3.91. The van der Waals surface area contributed by atoms with Gasteiger partial charge in [0.25, 0.3) is 0 Å². The van der Waals surface area contributed by atoms with E-state index in [0.29, 0.717) is 48.1 Å². The lowest BCUT2D eigenvalue weighted by Gasteiger charge is -2.22. The van der Waals surface area contributed by atoms with Crippen LogP contribution in [0.5, 0.6) is 0 Å². The van der Waals surface area contributed by atoms with Crippen molar-refractivity contribution in [3.8, 4) is 0 Å². The summed E-state index contributed by atoms with van der Waals surface area (Å²) in [6, 6.07) is 5.37. The van der Waals surface area contributed by atoms with Crippen molar-refractivity contribution in [3.63, 3.8) is 0 Å². The molecule has 0 unspecified atom stereocenters. The zero-order valence-electron chi connectivity index (χ0n) is 15.6. The summed E-state index contributed by atoms with van der Waals surface area (Å²) in [5.74, 6) is 0.333. The molecule has 0 radical (unpaired) electrons. The molecule has 0 saturated carbocycles. The molecule has 126 valence electrons. The average molecular weight is 361 g/mol. The molecule has 0 spiro atoms. The number of carbonyl (C=O) groups is 1. The molecule has 1 aromatic carbocycles. The molecule has 0 atom stereocenters. The van der Waals surface area contributed by atoms with E-state index < -0.39 is 12.9 Å². The highest BCUT2D eigenvalue weighted by Gasteiger charge is 2.11. The van der Waals surface area contributed by atoms with Gasteiger partial charge in [-0.05, 0) is 24.6 Å². The third kappa shape index (κ3) is 4.52. The summed E-state index contributed by atoms with van der Waals surface area (Å²) < 4.78 is 24.6. The second-order valence-corrected chi connectivity index (χ2v) is 5.90. The van der Waals surface area contributed by atoms with Crippen LogP contribution in [0, 0.1) is 0 Å². The van der Waals surface area contributed by atoms with E-state index in [1.54, 1.807) is 6.07 Å². The normalized spacial score (nSPS) is 13.6. The Balaban J connectivity index is 2.43. The minimum atomic E-state index is -2.39. The van der Waals surface area contributed by atoms with Gasteiger partial charge < -0.3 is 14.6 Å². The van der Waals surface area contributed by atoms with E-state index in [1.807, 2.05) is 17.0 Å². The Morgan fingerprint density at radius 2 is 2.13 bits per heavy atom. The Morgan fingerprint density at radius 1 is 1.39 bits per heavy atom. The highest BCUT2D eigenvalue weighted by molar-refractivity contribution is 6.18. The predicted molar refractivity (Wildman–Crippen MR) is 94.9 cm³/mol. The lowest BCUT2D eigenvalue weighted by molar-refractivity contribution is -0.137. The van der Waals surface area contributed by atoms with E-state index in [2.05, 4.69) is 4.98 Å². The van der Waals surface area contributed by atoms with Crippen LogP contribution in [0.4, 0.5) is 5.69 Å². The summed E-state index contributed by atoms with van der Waals surface area (Å²) in [4.78, 5) is 17.2. The number of carboxylic acids is 1. The summed E-state index contributed by atoms with van der Waals surface area (Å²) in [7, 11) is 0. The fourth-order valence-electron chi connectivity index (χ4n) is 2.45. The number of alkyl halides is 2. The highest BCUT2D eigenvalue weighted by atomic mass is 35.5. The standard InChI is InChI=1S/C16H21Cl2N3O2/c1-20-14-6-5-12(21(9-7-17)10-8-18)11-13(14)19-15(20)3-2-4-16(22)23/h5-6,11H,2-4,7-10H2,1H3,(H,22,23)/i1D3. The molecule has 7 heteroatoms. The van der Waals surface area contributed by atoms with Crippen molar-refractivity contribution in [2.45, 2.75) is 19.3 Å². The Labute approximate surface area is 150 Å². The molecule has 23 heavy (non-hydrogen) atoms. The third-order valence-electron chi connectivity index (χ3n) is 3.57. The van der Waals surface area contributed by atoms with Crippen LogP contribution in [0.25, 0.3) is 11.0 Å². The van der Waals surface area contributed by atoms with Gasteiger partial charge in [-0.2, -0.15) is 0 Å². The maximum absolute atomic E-state index is 10.7. The van der Waals surface area contributed by atoms with Crippen LogP contribution in [0.1, 0.15) is 22.8 Å². The van der Waals surface area contributed by atoms with Crippen LogP contribution >= 0.6 is 23.2 Å². The van der Waals surface area contributed by atoms with Gasteiger partial charge >= 0.3 is 5.97 Å². The number of aryl methyl sites for hydroxylation is 2. The van der Waals surface area contributed by atoms with Crippen LogP contribution in [0.2, 0.25) is 0 Å². The van der Waals surface area contributed by atoms with Crippen molar-refractivity contribution < 1.29 is 14.0 Å². The largest absolute Gasteiger partial charge is 0.481 e. The molecule has 1 N–H and O–H groups in total. The molecule has 2 rings (SSSR count). The maximum Gasteiger partial charge on any atom is 0.303 e. The van der Waals surface area contributed by atoms with Gasteiger partial charge in [-0.1, -0.05) is 0 Å². The summed E-state index contributed by atoms with van der Waals surface area (Å²) in [5, 5.41) is 8.79. The summed E-state index contributed by atoms with van der Waals surface area (Å²) in [5.41, 5.74) is 1.92. The molecule has 5 nitrogen and oxygen atoms in total. The molecule has 0 fully saturated rings. The number of hydrogen-bond acceptors (Lipinski definition) is 3. The first-order valence-corrected chi connectivity index (χ1v) is 8.45. The predicted octanol–water partition coefficient (Wildman–Crippen LogP) is 3.26. The van der Waals surface area contributed by atoms with Crippen LogP contribution in [0.3, 0.4) is 0 Å². The number of hydrogen-bond donors (Lipinski definition) is 1. The van der Waals surface area contributed by atoms with E-state index >= 15 is 0 Å². The number of aromatic nitrogens is 2. The first-order valence-electron chi connectivity index (χ1n) is 8.88. The zero-order chi connectivity index (χ0) is 19.3. The van der Waals surface area contributed by atoms with Gasteiger partial charge in [0, 0.05) is 54.5 Å². The second kappa shape index (κ2) is 8.41. The Kier molecular flexibility index (Phi) is 5.09. The Hall–Kier alpha value is -1.46. The van der Waals surface area contributed by atoms with E-state index in [1.165, 1.54) is 4.57 Å². The summed E-state index contributed by atoms with van der Waals surface area (Å²) >= 11 is 11.7. The first-order chi connectivity index (χ1) is 12.3. The van der Waals surface area contributed by atoms with Crippen molar-refractivity contribution in [3.05, 3.63) is 24.0 Å². The van der Waals surface area contributed by atoms with E-state index in [4.69, 9.17) is 32.4 Å². The van der Waals surface area contributed by atoms with Crippen molar-refractivity contribution >= 4 is 45.9 Å². The number of rotatable bonds is 9. The van der Waals surface area contributed by atoms with Gasteiger partial charge in [-0.25, -0.2) is 4.98 Å². The highest BCUT2D eigenvalue weighted by Crippen LogP contribution is 2.23. The van der Waals surface area contributed by atoms with Gasteiger partial charge in [0.1, 0.15) is 5.82 Å². The number of anilines is 1. The molecular formula is C16H21Cl2N3O2. The number of benzene rings is 1. The number of carboxylic acid groups (broad SMARTS) is 1. The van der Waals surface area contributed by atoms with E-state index in [9.17, 15) is 4.79 Å². The maximum atomic E-state index is 10.7. The number of halogens is 2. The monoisotopic (exact) mass is 360 g/mol. The van der Waals surface area contributed by atoms with Crippen LogP contribution in [-0.2, 0) is 18.2 Å². The Bertz CT molecular complexity index is 759. The van der Waals surface area contributed by atoms with Gasteiger partial charge in [0.2, 0.25) is 0 Å². The number of aliphatic carboxylic acids is 1. The minimum Gasteiger partial charge on any atom is -0.481 e. The molecule has 0 aliphatic heterocycles. The molecule has 0 aliphatic carbocycles. The molecular weight excluding hydrogens is 337 g/mol. The van der Waals surface area contributed by atoms with E-state index in [0.717, 1.165) is 5.69 Å². The molecule has 2 aromatic rings. The van der Waals surface area contributed by atoms with Gasteiger partial charge in [0.05, 0.1) is 11.0 Å². The lowest BCUT2D eigenvalue weighted by atomic mass is 10.2. The fourth-order valence-corrected chi connectivity index (χ4v) is 2.86. The lowest BCUT2D eigenvalue weighted by Crippen LogP contribution is -2.27. The summed E-state index contributed by atoms with van der Waals surface area (Å²) in [6.07, 6.45) is 0.572. The topological polar surface area (TPSA) is 58.4 Å². The molecule has 0 amide bonds. The average Bonchev–Trinajstić information content (AvgIpc) is 2.91. The van der Waals surface area contributed by atoms with Crippen molar-refractivity contribution in [2.24, 2.45) is 6.98 Å². The van der Waals surface area contributed by atoms with Crippen LogP contribution in [-0.4, -0.2) is 45.5 Å². The summed E-state index contributed by atoms with van der Waals surface area (Å²) in [6.45, 7) is -1.16. The van der Waals surface area contributed by atoms with Gasteiger partial charge in [-0.15, -0.1) is 23.2 Å². The quantitative estimate of drug-likeness (QED) is 0.697. The van der Waals surface area contributed by atoms with Crippen LogP contribution in [0.15, 0.2) is 18.2 Å². The van der Waals surface area contributed by atoms with Gasteiger partial charge in [0.15, 0.2) is 0 Å². The first kappa shape index (κ1) is 13.9. The second-order valence-electron chi connectivity index (χ2n) is 5.15. The number of imidazole rings is 1. The SMILES string of the molecule is [2H]C([2H])([2H])n1c(CCCC(=O)O)nc2cc(N(CCCl)CCCl)ccc21. The Morgan fingerprint density at radius 3 is 2.74 bits per heavy atom. The molecule has 1 heterocycles. The van der Waals surface area contributed by atoms with Crippen LogP contribution < -0.4 is 4.90 Å². The molecule has 0 saturated heterocycles. The molecule has 0 aliphatic rings. The fraction of sp³-hybridized carbons (Fsp3) is 0.500. The molecule has 0 bridgehead atoms. The van der Waals surface area contributed by atoms with Crippen molar-refractivity contribution in [1.29, 1.82) is 0 Å². The molecule has 1 aromatic heterocycles. The van der Waals surface area contributed by atoms with Gasteiger partial charge in [-0.3, -0.25) is 4.79 Å². The van der Waals surface area contributed by atoms with E-state index in [-0.39, 0.29) is 12.8 Å². The smallest absolute Gasteiger partial charge is 0.303 e. The number of fused-ring (bicyclic) bond motifs is 1. The van der Waals surface area contributed by atoms with Crippen molar-refractivity contribution in [2.75, 3.05) is 29.7 Å². The zero-order valence-corrected chi connectivity index (χ0v) is 14.1.